The van der Waals surface area contributed by atoms with Crippen molar-refractivity contribution in [3.05, 3.63) is 94.5 Å². The van der Waals surface area contributed by atoms with Gasteiger partial charge >= 0.3 is 5.97 Å². The molecule has 0 aromatic heterocycles. The lowest BCUT2D eigenvalue weighted by molar-refractivity contribution is -0.152. The zero-order chi connectivity index (χ0) is 24.3. The fraction of sp³-hybridized carbons (Fsp3) is 0.259. The summed E-state index contributed by atoms with van der Waals surface area (Å²) >= 11 is 6.32. The Labute approximate surface area is 204 Å². The van der Waals surface area contributed by atoms with Crippen molar-refractivity contribution in [3.63, 3.8) is 0 Å². The van der Waals surface area contributed by atoms with Gasteiger partial charge in [-0.1, -0.05) is 48.0 Å². The minimum atomic E-state index is -0.685. The van der Waals surface area contributed by atoms with E-state index < -0.39 is 12.1 Å². The fourth-order valence-electron chi connectivity index (χ4n) is 3.29. The molecular weight excluding hydrogens is 456 g/mol. The summed E-state index contributed by atoms with van der Waals surface area (Å²) in [7, 11) is 2.78. The van der Waals surface area contributed by atoms with Gasteiger partial charge in [-0.3, -0.25) is 4.79 Å². The van der Waals surface area contributed by atoms with E-state index in [0.29, 0.717) is 53.7 Å². The van der Waals surface area contributed by atoms with Gasteiger partial charge in [-0.15, -0.1) is 0 Å². The summed E-state index contributed by atoms with van der Waals surface area (Å²) in [5, 5.41) is 0.455. The van der Waals surface area contributed by atoms with Crippen LogP contribution < -0.4 is 9.47 Å². The van der Waals surface area contributed by atoms with Crippen LogP contribution in [0, 0.1) is 0 Å². The second-order valence-electron chi connectivity index (χ2n) is 7.49. The van der Waals surface area contributed by atoms with Crippen molar-refractivity contribution in [1.29, 1.82) is 0 Å². The number of carbonyl (C=O) groups excluding carboxylic acids is 2. The van der Waals surface area contributed by atoms with Crippen LogP contribution in [0.2, 0.25) is 5.02 Å². The Balaban J connectivity index is 1.42. The highest BCUT2D eigenvalue weighted by molar-refractivity contribution is 6.32. The summed E-state index contributed by atoms with van der Waals surface area (Å²) in [5.74, 6) is 0.786. The monoisotopic (exact) mass is 482 g/mol. The summed E-state index contributed by atoms with van der Waals surface area (Å²) < 4.78 is 21.4. The van der Waals surface area contributed by atoms with Crippen LogP contribution in [-0.4, -0.2) is 45.3 Å². The first-order valence-corrected chi connectivity index (χ1v) is 11.2. The summed E-state index contributed by atoms with van der Waals surface area (Å²) in [6, 6.07) is 21.6. The minimum absolute atomic E-state index is 0.0218. The maximum atomic E-state index is 12.5. The Bertz CT molecular complexity index is 1080. The molecule has 6 nitrogen and oxygen atoms in total. The highest BCUT2D eigenvalue weighted by atomic mass is 35.5. The SMILES string of the molecule is COC(=O)[C@H](Cc1ccc(OCCCOc2ccc(C(=O)c3ccccc3)cc2)c(Cl)c1)OC. The van der Waals surface area contributed by atoms with Crippen molar-refractivity contribution in [2.24, 2.45) is 0 Å². The molecule has 178 valence electrons. The molecule has 1 atom stereocenters. The fourth-order valence-corrected chi connectivity index (χ4v) is 3.54. The third-order valence-corrected chi connectivity index (χ3v) is 5.43. The van der Waals surface area contributed by atoms with E-state index in [0.717, 1.165) is 5.56 Å². The van der Waals surface area contributed by atoms with Crippen molar-refractivity contribution in [2.45, 2.75) is 18.9 Å². The van der Waals surface area contributed by atoms with E-state index >= 15 is 0 Å². The molecule has 0 fully saturated rings. The number of rotatable bonds is 12. The molecule has 0 unspecified atom stereocenters. The van der Waals surface area contributed by atoms with E-state index in [2.05, 4.69) is 0 Å². The zero-order valence-corrected chi connectivity index (χ0v) is 19.9. The maximum absolute atomic E-state index is 12.5. The largest absolute Gasteiger partial charge is 0.493 e. The standard InChI is InChI=1S/C27H27ClO6/c1-31-25(27(30)32-2)18-19-9-14-24(23(28)17-19)34-16-6-15-33-22-12-10-21(11-13-22)26(29)20-7-4-3-5-8-20/h3-5,7-14,17,25H,6,15-16,18H2,1-2H3/t25-/m0/s1. The Kier molecular flexibility index (Phi) is 9.50. The summed E-state index contributed by atoms with van der Waals surface area (Å²) in [4.78, 5) is 24.1. The first-order chi connectivity index (χ1) is 16.5. The molecule has 0 radical (unpaired) electrons. The molecule has 3 aromatic rings. The molecule has 0 bridgehead atoms. The smallest absolute Gasteiger partial charge is 0.335 e. The Morgan fingerprint density at radius 3 is 2.18 bits per heavy atom. The number of ketones is 1. The van der Waals surface area contributed by atoms with Crippen LogP contribution in [0.3, 0.4) is 0 Å². The third-order valence-electron chi connectivity index (χ3n) is 5.13. The molecule has 3 rings (SSSR count). The number of ether oxygens (including phenoxy) is 4. The minimum Gasteiger partial charge on any atom is -0.493 e. The van der Waals surface area contributed by atoms with E-state index in [-0.39, 0.29) is 5.78 Å². The van der Waals surface area contributed by atoms with Gasteiger partial charge in [-0.2, -0.15) is 0 Å². The Morgan fingerprint density at radius 1 is 0.853 bits per heavy atom. The van der Waals surface area contributed by atoms with E-state index in [1.165, 1.54) is 14.2 Å². The van der Waals surface area contributed by atoms with Crippen molar-refractivity contribution < 1.29 is 28.5 Å². The molecule has 0 heterocycles. The molecule has 0 N–H and O–H groups in total. The topological polar surface area (TPSA) is 71.1 Å². The summed E-state index contributed by atoms with van der Waals surface area (Å²) in [6.45, 7) is 0.878. The van der Waals surface area contributed by atoms with E-state index in [1.807, 2.05) is 24.3 Å². The molecule has 7 heteroatoms. The molecule has 0 spiro atoms. The van der Waals surface area contributed by atoms with E-state index in [4.69, 9.17) is 30.5 Å². The summed E-state index contributed by atoms with van der Waals surface area (Å²) in [6.07, 6.45) is 0.319. The Morgan fingerprint density at radius 2 is 1.53 bits per heavy atom. The van der Waals surface area contributed by atoms with Gasteiger partial charge in [0, 0.05) is 31.1 Å². The van der Waals surface area contributed by atoms with Gasteiger partial charge in [-0.25, -0.2) is 4.79 Å². The molecule has 0 aliphatic heterocycles. The van der Waals surface area contributed by atoms with Crippen LogP contribution in [-0.2, 0) is 20.7 Å². The molecular formula is C27H27ClO6. The number of carbonyl (C=O) groups is 2. The maximum Gasteiger partial charge on any atom is 0.335 e. The number of hydrogen-bond donors (Lipinski definition) is 0. The lowest BCUT2D eigenvalue weighted by Gasteiger charge is -2.14. The van der Waals surface area contributed by atoms with Gasteiger partial charge in [0.05, 0.1) is 25.3 Å². The predicted molar refractivity (Wildman–Crippen MR) is 130 cm³/mol. The van der Waals surface area contributed by atoms with Gasteiger partial charge < -0.3 is 18.9 Å². The lowest BCUT2D eigenvalue weighted by Crippen LogP contribution is -2.26. The first kappa shape index (κ1) is 25.3. The van der Waals surface area contributed by atoms with Crippen molar-refractivity contribution in [3.8, 4) is 11.5 Å². The average Bonchev–Trinajstić information content (AvgIpc) is 2.88. The number of halogens is 1. The molecule has 0 amide bonds. The number of esters is 1. The normalized spacial score (nSPS) is 11.5. The summed E-state index contributed by atoms with van der Waals surface area (Å²) in [5.41, 5.74) is 2.11. The number of benzene rings is 3. The molecule has 0 saturated heterocycles. The molecule has 0 aliphatic carbocycles. The number of methoxy groups -OCH3 is 2. The molecule has 0 saturated carbocycles. The first-order valence-electron chi connectivity index (χ1n) is 10.9. The van der Waals surface area contributed by atoms with Gasteiger partial charge in [-0.05, 0) is 42.0 Å². The van der Waals surface area contributed by atoms with Crippen molar-refractivity contribution in [2.75, 3.05) is 27.4 Å². The van der Waals surface area contributed by atoms with Crippen LogP contribution in [0.5, 0.6) is 11.5 Å². The highest BCUT2D eigenvalue weighted by Gasteiger charge is 2.19. The second kappa shape index (κ2) is 12.8. The van der Waals surface area contributed by atoms with Crippen LogP contribution >= 0.6 is 11.6 Å². The molecule has 3 aromatic carbocycles. The average molecular weight is 483 g/mol. The van der Waals surface area contributed by atoms with E-state index in [9.17, 15) is 9.59 Å². The lowest BCUT2D eigenvalue weighted by atomic mass is 10.0. The van der Waals surface area contributed by atoms with Crippen LogP contribution in [0.4, 0.5) is 0 Å². The van der Waals surface area contributed by atoms with Crippen LogP contribution in [0.25, 0.3) is 0 Å². The third kappa shape index (κ3) is 7.07. The Hall–Kier alpha value is -3.35. The van der Waals surface area contributed by atoms with Crippen LogP contribution in [0.15, 0.2) is 72.8 Å². The second-order valence-corrected chi connectivity index (χ2v) is 7.89. The van der Waals surface area contributed by atoms with Crippen molar-refractivity contribution in [1.82, 2.24) is 0 Å². The van der Waals surface area contributed by atoms with Crippen molar-refractivity contribution >= 4 is 23.4 Å². The number of hydrogen-bond acceptors (Lipinski definition) is 6. The highest BCUT2D eigenvalue weighted by Crippen LogP contribution is 2.26. The van der Waals surface area contributed by atoms with Gasteiger partial charge in [0.2, 0.25) is 0 Å². The van der Waals surface area contributed by atoms with E-state index in [1.54, 1.807) is 48.5 Å². The molecule has 0 aliphatic rings. The molecule has 34 heavy (non-hydrogen) atoms. The predicted octanol–water partition coefficient (Wildman–Crippen LogP) is 5.15. The zero-order valence-electron chi connectivity index (χ0n) is 19.2. The quantitative estimate of drug-likeness (QED) is 0.202. The van der Waals surface area contributed by atoms with Gasteiger partial charge in [0.15, 0.2) is 11.9 Å². The van der Waals surface area contributed by atoms with Crippen LogP contribution in [0.1, 0.15) is 27.9 Å². The van der Waals surface area contributed by atoms with Gasteiger partial charge in [0.25, 0.3) is 0 Å². The van der Waals surface area contributed by atoms with Gasteiger partial charge in [0.1, 0.15) is 11.5 Å².